The Morgan fingerprint density at radius 2 is 0.783 bits per heavy atom. The largest absolute Gasteiger partial charge is 0.491 e. The van der Waals surface area contributed by atoms with Gasteiger partial charge in [0.15, 0.2) is 23.0 Å². The number of alkyl halides is 3. The zero-order valence-corrected chi connectivity index (χ0v) is 78.1. The van der Waals surface area contributed by atoms with Crippen LogP contribution in [-0.4, -0.2) is 96.2 Å². The van der Waals surface area contributed by atoms with E-state index in [-0.39, 0.29) is 92.2 Å². The Morgan fingerprint density at radius 1 is 0.367 bits per heavy atom. The summed E-state index contributed by atoms with van der Waals surface area (Å²) in [6, 6.07) is 84.9. The summed E-state index contributed by atoms with van der Waals surface area (Å²) in [5, 5.41) is 11.0. The minimum Gasteiger partial charge on any atom is -0.491 e. The van der Waals surface area contributed by atoms with Gasteiger partial charge in [-0.2, -0.15) is 24.5 Å². The van der Waals surface area contributed by atoms with Gasteiger partial charge < -0.3 is 57.3 Å². The van der Waals surface area contributed by atoms with Gasteiger partial charge in [-0.15, -0.1) is 146 Å². The SMILES string of the molecule is CCC(C)COc1ccc(-c2cc[c-]c(-c3ccccn3)c2)cc1OCC(C)CC.CCOCCOc1ccc(-c2cc[c-]c(-c3ccccn3)c2)c(OCCOCC)c1.CCOc1ccc(-c2cc[c-]c(-c3nccs3)c2)cc1OCC.FC(F)(F)c1ccc(-c2nnc(-c3ccc(-c4cc[c-]c(-c5ccccn5)c4)cc3)o2)cc1.[Ir].[Ir].[Ir].[Ir]. The van der Waals surface area contributed by atoms with Crippen LogP contribution in [0.15, 0.2) is 265 Å². The molecule has 0 aliphatic heterocycles. The van der Waals surface area contributed by atoms with Crippen LogP contribution < -0.4 is 28.4 Å². The number of halogens is 3. The standard InChI is InChI=1S/C27H32NO2.C26H15F3N3O.C25H28NO4.C19H18NO2S.4Ir/c1-5-20(3)18-29-26-14-13-23(17-27(26)30-19-21(4)6-2)22-10-9-11-24(16-22)25-12-7-8-15-28-25;27-26(28,29)22-13-11-19(12-14-22)25-32-31-24(33-25)18-9-7-17(8-10-18)20-4-3-5-21(16-20)23-6-1-2-15-30-23;1-3-27-14-16-29-22-11-12-23(25(19-22)30-17-15-28-4-2)20-8-7-9-21(18-20)24-10-5-6-13-26-24;1-3-21-17-9-8-15(13-18(17)22-4-2)14-6-5-7-16(12-14)19-20-10-11-23-19;;;;/h7-10,12-17,20-21H,5-6,18-19H2,1-4H3;1-4,6-16H;5-8,10-13,18-19H,3-4,14-17H2,1-2H3;5-6,8-13H,3-4H2,1-2H3;;;;/q4*-1;;;;. The van der Waals surface area contributed by atoms with Gasteiger partial charge in [0.2, 0.25) is 11.8 Å². The maximum Gasteiger partial charge on any atom is 0.416 e. The van der Waals surface area contributed by atoms with Gasteiger partial charge in [0.25, 0.3) is 0 Å². The predicted octanol–water partition coefficient (Wildman–Crippen LogP) is 24.1. The first kappa shape index (κ1) is 97.4. The normalized spacial score (nSPS) is 11.1. The Bertz CT molecular complexity index is 5300. The number of ether oxygens (including phenoxy) is 8. The van der Waals surface area contributed by atoms with Crippen molar-refractivity contribution in [2.24, 2.45) is 11.8 Å². The number of hydrogen-bond donors (Lipinski definition) is 0. The van der Waals surface area contributed by atoms with E-state index in [2.05, 4.69) is 125 Å². The van der Waals surface area contributed by atoms with Crippen LogP contribution in [0.25, 0.3) is 112 Å². The molecule has 5 heterocycles. The van der Waals surface area contributed by atoms with Crippen LogP contribution in [0, 0.1) is 36.1 Å². The summed E-state index contributed by atoms with van der Waals surface area (Å²) in [6.45, 7) is 22.7. The van der Waals surface area contributed by atoms with Crippen LogP contribution in [-0.2, 0) is 96.1 Å². The van der Waals surface area contributed by atoms with E-state index in [1.807, 2.05) is 203 Å². The second kappa shape index (κ2) is 51.2. The summed E-state index contributed by atoms with van der Waals surface area (Å²) in [4.78, 5) is 17.6. The molecule has 15 nitrogen and oxygen atoms in total. The predicted molar refractivity (Wildman–Crippen MR) is 454 cm³/mol. The molecule has 2 unspecified atom stereocenters. The van der Waals surface area contributed by atoms with Crippen LogP contribution in [0.4, 0.5) is 13.2 Å². The van der Waals surface area contributed by atoms with Gasteiger partial charge in [0.1, 0.15) is 24.7 Å². The van der Waals surface area contributed by atoms with Crippen molar-refractivity contribution in [3.8, 4) is 146 Å². The number of nitrogens with zero attached hydrogens (tertiary/aromatic N) is 6. The second-order valence-corrected chi connectivity index (χ2v) is 27.5. The first-order chi connectivity index (χ1) is 56.7. The monoisotopic (exact) mass is 2350 g/mol. The van der Waals surface area contributed by atoms with Gasteiger partial charge in [0, 0.05) is 152 Å². The third-order valence-corrected chi connectivity index (χ3v) is 19.1. The summed E-state index contributed by atoms with van der Waals surface area (Å²) in [5.74, 6) is 6.12. The average Bonchev–Trinajstić information content (AvgIpc) is 1.77. The van der Waals surface area contributed by atoms with E-state index in [0.717, 1.165) is 148 Å². The van der Waals surface area contributed by atoms with Crippen LogP contribution >= 0.6 is 11.3 Å². The molecule has 23 heteroatoms. The smallest absolute Gasteiger partial charge is 0.416 e. The number of hydrogen-bond acceptors (Lipinski definition) is 16. The van der Waals surface area contributed by atoms with Gasteiger partial charge in [-0.25, -0.2) is 0 Å². The van der Waals surface area contributed by atoms with Crippen LogP contribution in [0.5, 0.6) is 34.5 Å². The molecule has 0 saturated carbocycles. The van der Waals surface area contributed by atoms with Crippen LogP contribution in [0.3, 0.4) is 0 Å². The molecule has 0 saturated heterocycles. The number of benzene rings is 9. The fourth-order valence-electron chi connectivity index (χ4n) is 11.6. The average molecular weight is 2340 g/mol. The molecule has 14 aromatic rings. The van der Waals surface area contributed by atoms with E-state index < -0.39 is 11.7 Å². The van der Waals surface area contributed by atoms with Crippen molar-refractivity contribution in [1.29, 1.82) is 0 Å². The van der Waals surface area contributed by atoms with E-state index in [0.29, 0.717) is 89.0 Å². The molecule has 4 radical (unpaired) electrons. The van der Waals surface area contributed by atoms with Gasteiger partial charge in [0.05, 0.1) is 45.2 Å². The Kier molecular flexibility index (Phi) is 41.5. The maximum atomic E-state index is 12.8. The molecule has 2 atom stereocenters. The molecule has 632 valence electrons. The minimum absolute atomic E-state index is 0. The molecule has 5 aromatic heterocycles. The number of thiazole rings is 1. The third-order valence-electron chi connectivity index (χ3n) is 18.3. The Balaban J connectivity index is 0.000000220. The van der Waals surface area contributed by atoms with E-state index in [1.165, 1.54) is 12.1 Å². The summed E-state index contributed by atoms with van der Waals surface area (Å²) >= 11 is 1.61. The Hall–Kier alpha value is -9.69. The van der Waals surface area contributed by atoms with Gasteiger partial charge >= 0.3 is 6.18 Å². The number of rotatable bonds is 32. The molecule has 0 spiro atoms. The Labute approximate surface area is 760 Å². The van der Waals surface area contributed by atoms with Crippen molar-refractivity contribution in [1.82, 2.24) is 30.1 Å². The van der Waals surface area contributed by atoms with Crippen molar-refractivity contribution in [3.63, 3.8) is 0 Å². The Morgan fingerprint density at radius 3 is 1.25 bits per heavy atom. The first-order valence-electron chi connectivity index (χ1n) is 38.9. The first-order valence-corrected chi connectivity index (χ1v) is 39.8. The number of aromatic nitrogens is 6. The zero-order valence-electron chi connectivity index (χ0n) is 67.7. The van der Waals surface area contributed by atoms with Crippen molar-refractivity contribution < 1.29 is 136 Å². The van der Waals surface area contributed by atoms with Crippen molar-refractivity contribution in [2.45, 2.75) is 74.4 Å². The summed E-state index contributed by atoms with van der Waals surface area (Å²) < 4.78 is 90.2. The quantitative estimate of drug-likeness (QED) is 0.0289. The molecule has 14 rings (SSSR count). The van der Waals surface area contributed by atoms with Crippen molar-refractivity contribution in [3.05, 3.63) is 291 Å². The molecule has 0 fully saturated rings. The molecule has 120 heavy (non-hydrogen) atoms. The zero-order chi connectivity index (χ0) is 81.3. The van der Waals surface area contributed by atoms with Crippen LogP contribution in [0.1, 0.15) is 73.8 Å². The summed E-state index contributed by atoms with van der Waals surface area (Å²) in [7, 11) is 0. The molecule has 0 N–H and O–H groups in total. The van der Waals surface area contributed by atoms with Gasteiger partial charge in [-0.3, -0.25) is 4.98 Å². The molecule has 0 aliphatic rings. The fraction of sp³-hybridized carbons (Fsp3) is 0.237. The van der Waals surface area contributed by atoms with E-state index in [1.54, 1.807) is 29.9 Å². The topological polar surface area (TPSA) is 164 Å². The van der Waals surface area contributed by atoms with Gasteiger partial charge in [-0.05, 0) is 164 Å². The van der Waals surface area contributed by atoms with Gasteiger partial charge in [-0.1, -0.05) is 107 Å². The fourth-order valence-corrected chi connectivity index (χ4v) is 12.3. The summed E-state index contributed by atoms with van der Waals surface area (Å²) in [5.41, 5.74) is 15.3. The van der Waals surface area contributed by atoms with Crippen molar-refractivity contribution in [2.75, 3.05) is 66.1 Å². The van der Waals surface area contributed by atoms with Crippen LogP contribution in [0.2, 0.25) is 0 Å². The molecule has 9 aromatic carbocycles. The van der Waals surface area contributed by atoms with Crippen molar-refractivity contribution >= 4 is 11.3 Å². The minimum atomic E-state index is -4.39. The molecule has 0 bridgehead atoms. The molecule has 0 amide bonds. The van der Waals surface area contributed by atoms with E-state index >= 15 is 0 Å². The maximum absolute atomic E-state index is 12.8. The molecular formula is C97H93F3Ir4N6O9S-4. The van der Waals surface area contributed by atoms with E-state index in [4.69, 9.17) is 42.3 Å². The number of pyridine rings is 3. The molecular weight excluding hydrogens is 2250 g/mol. The van der Waals surface area contributed by atoms with E-state index in [9.17, 15) is 13.2 Å². The molecule has 0 aliphatic carbocycles. The summed E-state index contributed by atoms with van der Waals surface area (Å²) in [6.07, 6.45) is 4.93. The second-order valence-electron chi connectivity index (χ2n) is 26.6. The third kappa shape index (κ3) is 29.0.